The second kappa shape index (κ2) is 10.4. The van der Waals surface area contributed by atoms with Gasteiger partial charge in [-0.25, -0.2) is 17.7 Å². The summed E-state index contributed by atoms with van der Waals surface area (Å²) < 4.78 is 29.8. The van der Waals surface area contributed by atoms with Crippen molar-refractivity contribution < 1.29 is 12.9 Å². The van der Waals surface area contributed by atoms with Crippen molar-refractivity contribution in [2.24, 2.45) is 4.99 Å². The van der Waals surface area contributed by atoms with E-state index in [-0.39, 0.29) is 0 Å². The number of sulfonamides is 1. The van der Waals surface area contributed by atoms with E-state index in [1.54, 1.807) is 0 Å². The minimum atomic E-state index is -3.14. The van der Waals surface area contributed by atoms with Crippen LogP contribution in [0.25, 0.3) is 0 Å². The number of rotatable bonds is 10. The summed E-state index contributed by atoms with van der Waals surface area (Å²) >= 11 is 0. The predicted octanol–water partition coefficient (Wildman–Crippen LogP) is 1.52. The highest BCUT2D eigenvalue weighted by atomic mass is 32.2. The van der Waals surface area contributed by atoms with Crippen LogP contribution in [-0.2, 0) is 16.6 Å². The molecule has 0 spiro atoms. The van der Waals surface area contributed by atoms with Crippen LogP contribution >= 0.6 is 0 Å². The van der Waals surface area contributed by atoms with Gasteiger partial charge in [-0.2, -0.15) is 0 Å². The summed E-state index contributed by atoms with van der Waals surface area (Å²) in [6.45, 7) is 10.7. The molecule has 0 saturated heterocycles. The lowest BCUT2D eigenvalue weighted by atomic mass is 10.1. The van der Waals surface area contributed by atoms with Gasteiger partial charge in [0, 0.05) is 32.2 Å². The fourth-order valence-electron chi connectivity index (χ4n) is 2.19. The highest BCUT2D eigenvalue weighted by Crippen LogP contribution is 2.14. The molecule has 0 aliphatic carbocycles. The van der Waals surface area contributed by atoms with Crippen molar-refractivity contribution in [1.82, 2.24) is 20.1 Å². The first-order valence-electron chi connectivity index (χ1n) is 8.70. The molecule has 0 saturated carbocycles. The predicted molar refractivity (Wildman–Crippen MR) is 100 cm³/mol. The molecule has 0 aliphatic heterocycles. The Bertz CT molecular complexity index is 640. The number of hydrogen-bond donors (Lipinski definition) is 2. The third-order valence-electron chi connectivity index (χ3n) is 3.60. The molecule has 25 heavy (non-hydrogen) atoms. The van der Waals surface area contributed by atoms with Crippen molar-refractivity contribution in [2.75, 3.05) is 32.4 Å². The van der Waals surface area contributed by atoms with Crippen LogP contribution in [0.4, 0.5) is 0 Å². The first-order chi connectivity index (χ1) is 11.8. The van der Waals surface area contributed by atoms with Gasteiger partial charge in [0.25, 0.3) is 0 Å². The van der Waals surface area contributed by atoms with Crippen molar-refractivity contribution in [1.29, 1.82) is 0 Å². The van der Waals surface area contributed by atoms with Crippen LogP contribution in [0.3, 0.4) is 0 Å². The highest BCUT2D eigenvalue weighted by Gasteiger charge is 2.13. The van der Waals surface area contributed by atoms with Gasteiger partial charge in [-0.1, -0.05) is 25.9 Å². The first kappa shape index (κ1) is 21.4. The van der Waals surface area contributed by atoms with Crippen LogP contribution in [0.15, 0.2) is 15.6 Å². The van der Waals surface area contributed by atoms with Gasteiger partial charge < -0.3 is 15.2 Å². The number of hydrogen-bond acceptors (Lipinski definition) is 5. The average Bonchev–Trinajstić information content (AvgIpc) is 3.00. The maximum absolute atomic E-state index is 11.6. The van der Waals surface area contributed by atoms with Crippen molar-refractivity contribution in [3.05, 3.63) is 17.5 Å². The lowest BCUT2D eigenvalue weighted by Gasteiger charge is -2.18. The molecule has 2 N–H and O–H groups in total. The minimum Gasteiger partial charge on any atom is -0.359 e. The summed E-state index contributed by atoms with van der Waals surface area (Å²) in [5, 5.41) is 10.4. The first-order valence-corrected chi connectivity index (χ1v) is 10.6. The summed E-state index contributed by atoms with van der Waals surface area (Å²) in [7, 11) is -3.14. The zero-order chi connectivity index (χ0) is 18.9. The summed E-state index contributed by atoms with van der Waals surface area (Å²) in [5.41, 5.74) is 0.920. The Morgan fingerprint density at radius 1 is 1.36 bits per heavy atom. The van der Waals surface area contributed by atoms with E-state index >= 15 is 0 Å². The molecule has 8 nitrogen and oxygen atoms in total. The van der Waals surface area contributed by atoms with Crippen molar-refractivity contribution in [3.8, 4) is 0 Å². The largest absolute Gasteiger partial charge is 0.359 e. The molecule has 1 rings (SSSR count). The molecule has 9 heteroatoms. The van der Waals surface area contributed by atoms with Gasteiger partial charge in [0.2, 0.25) is 10.0 Å². The van der Waals surface area contributed by atoms with Gasteiger partial charge in [0.15, 0.2) is 11.7 Å². The van der Waals surface area contributed by atoms with Gasteiger partial charge in [-0.05, 0) is 19.3 Å². The van der Waals surface area contributed by atoms with Gasteiger partial charge in [0.05, 0.1) is 11.9 Å². The monoisotopic (exact) mass is 373 g/mol. The molecule has 0 amide bonds. The molecule has 0 atom stereocenters. The van der Waals surface area contributed by atoms with Crippen LogP contribution in [0, 0.1) is 0 Å². The fourth-order valence-corrected chi connectivity index (χ4v) is 3.12. The van der Waals surface area contributed by atoms with Gasteiger partial charge >= 0.3 is 0 Å². The molecule has 0 radical (unpaired) electrons. The van der Waals surface area contributed by atoms with Crippen LogP contribution in [0.5, 0.6) is 0 Å². The van der Waals surface area contributed by atoms with E-state index in [0.717, 1.165) is 18.0 Å². The topological polar surface area (TPSA) is 99.8 Å². The molecule has 1 aromatic rings. The molecule has 144 valence electrons. The van der Waals surface area contributed by atoms with Gasteiger partial charge in [-0.15, -0.1) is 0 Å². The van der Waals surface area contributed by atoms with Gasteiger partial charge in [-0.3, -0.25) is 0 Å². The molecule has 1 aromatic heterocycles. The Morgan fingerprint density at radius 3 is 2.60 bits per heavy atom. The standard InChI is InChI=1S/C16H31N5O3S/c1-6-17-16(18-9-8-10-21(7-2)25(5,22)23)19-12-14-11-15(13(3)4)20-24-14/h11,13H,6-10,12H2,1-5H3,(H2,17,18,19). The maximum atomic E-state index is 11.6. The summed E-state index contributed by atoms with van der Waals surface area (Å²) in [6, 6.07) is 1.92. The molecule has 0 bridgehead atoms. The van der Waals surface area contributed by atoms with Crippen LogP contribution < -0.4 is 10.6 Å². The maximum Gasteiger partial charge on any atom is 0.211 e. The third-order valence-corrected chi connectivity index (χ3v) is 4.98. The average molecular weight is 374 g/mol. The Balaban J connectivity index is 2.50. The third kappa shape index (κ3) is 7.87. The summed E-state index contributed by atoms with van der Waals surface area (Å²) in [5.74, 6) is 1.71. The van der Waals surface area contributed by atoms with E-state index in [4.69, 9.17) is 4.52 Å². The lowest BCUT2D eigenvalue weighted by Crippen LogP contribution is -2.39. The van der Waals surface area contributed by atoms with Crippen molar-refractivity contribution in [2.45, 2.75) is 46.6 Å². The SMILES string of the molecule is CCNC(=NCc1cc(C(C)C)no1)NCCCN(CC)S(C)(=O)=O. The van der Waals surface area contributed by atoms with Crippen LogP contribution in [-0.4, -0.2) is 56.3 Å². The normalized spacial score (nSPS) is 12.8. The summed E-state index contributed by atoms with van der Waals surface area (Å²) in [4.78, 5) is 4.47. The fraction of sp³-hybridized carbons (Fsp3) is 0.750. The second-order valence-electron chi connectivity index (χ2n) is 6.10. The van der Waals surface area contributed by atoms with Crippen LogP contribution in [0.1, 0.15) is 51.5 Å². The zero-order valence-electron chi connectivity index (χ0n) is 15.9. The zero-order valence-corrected chi connectivity index (χ0v) is 16.7. The molecule has 0 fully saturated rings. The van der Waals surface area contributed by atoms with Crippen molar-refractivity contribution >= 4 is 16.0 Å². The smallest absolute Gasteiger partial charge is 0.211 e. The number of nitrogens with zero attached hydrogens (tertiary/aromatic N) is 3. The number of aliphatic imine (C=N–C) groups is 1. The number of nitrogens with one attached hydrogen (secondary N) is 2. The molecule has 0 aromatic carbocycles. The quantitative estimate of drug-likeness (QED) is 0.366. The van der Waals surface area contributed by atoms with Crippen molar-refractivity contribution in [3.63, 3.8) is 0 Å². The molecular formula is C16H31N5O3S. The van der Waals surface area contributed by atoms with Gasteiger partial charge in [0.1, 0.15) is 6.54 Å². The van der Waals surface area contributed by atoms with E-state index < -0.39 is 10.0 Å². The number of aromatic nitrogens is 1. The lowest BCUT2D eigenvalue weighted by molar-refractivity contribution is 0.376. The van der Waals surface area contributed by atoms with E-state index in [9.17, 15) is 8.42 Å². The molecular weight excluding hydrogens is 342 g/mol. The highest BCUT2D eigenvalue weighted by molar-refractivity contribution is 7.88. The minimum absolute atomic E-state index is 0.323. The summed E-state index contributed by atoms with van der Waals surface area (Å²) in [6.07, 6.45) is 1.93. The molecule has 1 heterocycles. The Hall–Kier alpha value is -1.61. The Kier molecular flexibility index (Phi) is 8.91. The molecule has 0 aliphatic rings. The molecule has 0 unspecified atom stereocenters. The number of guanidine groups is 1. The Morgan fingerprint density at radius 2 is 2.08 bits per heavy atom. The van der Waals surface area contributed by atoms with E-state index in [1.807, 2.05) is 19.9 Å². The van der Waals surface area contributed by atoms with E-state index in [0.29, 0.717) is 44.5 Å². The Labute approximate surface area is 151 Å². The second-order valence-corrected chi connectivity index (χ2v) is 8.09. The van der Waals surface area contributed by atoms with E-state index in [2.05, 4.69) is 34.6 Å². The van der Waals surface area contributed by atoms with E-state index in [1.165, 1.54) is 10.6 Å². The van der Waals surface area contributed by atoms with Crippen LogP contribution in [0.2, 0.25) is 0 Å².